The van der Waals surface area contributed by atoms with Gasteiger partial charge in [-0.05, 0) is 42.1 Å². The van der Waals surface area contributed by atoms with Crippen LogP contribution in [0.1, 0.15) is 0 Å². The van der Waals surface area contributed by atoms with Crippen molar-refractivity contribution in [2.45, 2.75) is 4.90 Å². The van der Waals surface area contributed by atoms with E-state index >= 15 is 0 Å². The lowest BCUT2D eigenvalue weighted by Crippen LogP contribution is -2.18. The number of hydrogen-bond donors (Lipinski definition) is 2. The first-order valence-corrected chi connectivity index (χ1v) is 6.24. The van der Waals surface area contributed by atoms with Crippen LogP contribution in [-0.2, 0) is 10.0 Å². The number of rotatable bonds is 2. The number of benzene rings is 2. The highest BCUT2D eigenvalue weighted by molar-refractivity contribution is 7.89. The molecule has 2 aromatic rings. The molecule has 0 aliphatic carbocycles. The molecule has 4 nitrogen and oxygen atoms in total. The molecule has 0 saturated heterocycles. The summed E-state index contributed by atoms with van der Waals surface area (Å²) in [6.07, 6.45) is 0. The Morgan fingerprint density at radius 3 is 2.44 bits per heavy atom. The zero-order valence-electron chi connectivity index (χ0n) is 8.77. The average molecular weight is 236 g/mol. The van der Waals surface area contributed by atoms with Gasteiger partial charge in [-0.25, -0.2) is 13.1 Å². The first kappa shape index (κ1) is 10.9. The van der Waals surface area contributed by atoms with Gasteiger partial charge in [0.1, 0.15) is 0 Å². The van der Waals surface area contributed by atoms with Gasteiger partial charge < -0.3 is 5.73 Å². The van der Waals surface area contributed by atoms with E-state index in [1.165, 1.54) is 7.05 Å². The normalized spacial score (nSPS) is 11.8. The Hall–Kier alpha value is -1.59. The number of anilines is 1. The highest BCUT2D eigenvalue weighted by Gasteiger charge is 2.11. The predicted molar refractivity (Wildman–Crippen MR) is 64.6 cm³/mol. The molecule has 0 aromatic heterocycles. The van der Waals surface area contributed by atoms with Gasteiger partial charge in [-0.3, -0.25) is 0 Å². The third kappa shape index (κ3) is 1.87. The van der Waals surface area contributed by atoms with Crippen molar-refractivity contribution in [2.75, 3.05) is 12.8 Å². The third-order valence-electron chi connectivity index (χ3n) is 2.41. The molecule has 0 bridgehead atoms. The molecule has 3 N–H and O–H groups in total. The molecule has 2 aromatic carbocycles. The van der Waals surface area contributed by atoms with Crippen LogP contribution in [-0.4, -0.2) is 15.5 Å². The van der Waals surface area contributed by atoms with Crippen LogP contribution in [0, 0.1) is 0 Å². The molecule has 0 heterocycles. The Kier molecular flexibility index (Phi) is 2.57. The quantitative estimate of drug-likeness (QED) is 0.773. The zero-order chi connectivity index (χ0) is 11.8. The van der Waals surface area contributed by atoms with E-state index in [1.54, 1.807) is 30.3 Å². The Morgan fingerprint density at radius 1 is 1.06 bits per heavy atom. The van der Waals surface area contributed by atoms with Crippen LogP contribution in [0.25, 0.3) is 10.8 Å². The van der Waals surface area contributed by atoms with Crippen LogP contribution >= 0.6 is 0 Å². The van der Waals surface area contributed by atoms with Gasteiger partial charge >= 0.3 is 0 Å². The summed E-state index contributed by atoms with van der Waals surface area (Å²) in [6, 6.07) is 10.3. The minimum atomic E-state index is -3.39. The maximum atomic E-state index is 11.6. The van der Waals surface area contributed by atoms with Crippen LogP contribution in [0.3, 0.4) is 0 Å². The molecular weight excluding hydrogens is 224 g/mol. The summed E-state index contributed by atoms with van der Waals surface area (Å²) in [5, 5.41) is 1.78. The van der Waals surface area contributed by atoms with Gasteiger partial charge in [0.2, 0.25) is 10.0 Å². The van der Waals surface area contributed by atoms with E-state index in [0.717, 1.165) is 10.8 Å². The van der Waals surface area contributed by atoms with E-state index in [9.17, 15) is 8.42 Å². The van der Waals surface area contributed by atoms with Crippen molar-refractivity contribution in [3.8, 4) is 0 Å². The molecule has 0 aliphatic rings. The Labute approximate surface area is 94.1 Å². The lowest BCUT2D eigenvalue weighted by molar-refractivity contribution is 0.588. The first-order chi connectivity index (χ1) is 7.53. The molecule has 84 valence electrons. The molecule has 0 aliphatic heterocycles. The van der Waals surface area contributed by atoms with Crippen molar-refractivity contribution in [3.05, 3.63) is 36.4 Å². The van der Waals surface area contributed by atoms with Crippen molar-refractivity contribution in [1.82, 2.24) is 4.72 Å². The molecule has 0 fully saturated rings. The molecule has 0 unspecified atom stereocenters. The second-order valence-electron chi connectivity index (χ2n) is 3.48. The summed E-state index contributed by atoms with van der Waals surface area (Å²) in [6.45, 7) is 0. The van der Waals surface area contributed by atoms with Gasteiger partial charge in [0.05, 0.1) is 4.90 Å². The zero-order valence-corrected chi connectivity index (χ0v) is 9.58. The summed E-state index contributed by atoms with van der Waals surface area (Å²) in [4.78, 5) is 0.244. The molecule has 0 atom stereocenters. The Morgan fingerprint density at radius 2 is 1.75 bits per heavy atom. The van der Waals surface area contributed by atoms with Crippen molar-refractivity contribution >= 4 is 26.5 Å². The molecule has 0 saturated carbocycles. The minimum Gasteiger partial charge on any atom is -0.399 e. The van der Waals surface area contributed by atoms with Crippen molar-refractivity contribution in [1.29, 1.82) is 0 Å². The fourth-order valence-corrected chi connectivity index (χ4v) is 2.29. The molecular formula is C11H12N2O2S. The van der Waals surface area contributed by atoms with E-state index in [2.05, 4.69) is 4.72 Å². The van der Waals surface area contributed by atoms with Crippen LogP contribution in [0.4, 0.5) is 5.69 Å². The van der Waals surface area contributed by atoms with Gasteiger partial charge in [0.15, 0.2) is 0 Å². The average Bonchev–Trinajstić information content (AvgIpc) is 2.28. The van der Waals surface area contributed by atoms with Crippen LogP contribution in [0.5, 0.6) is 0 Å². The van der Waals surface area contributed by atoms with E-state index in [-0.39, 0.29) is 4.90 Å². The smallest absolute Gasteiger partial charge is 0.240 e. The highest BCUT2D eigenvalue weighted by Crippen LogP contribution is 2.21. The molecule has 16 heavy (non-hydrogen) atoms. The number of hydrogen-bond acceptors (Lipinski definition) is 3. The fraction of sp³-hybridized carbons (Fsp3) is 0.0909. The minimum absolute atomic E-state index is 0.244. The van der Waals surface area contributed by atoms with E-state index < -0.39 is 10.0 Å². The van der Waals surface area contributed by atoms with Gasteiger partial charge in [-0.1, -0.05) is 12.1 Å². The predicted octanol–water partition coefficient (Wildman–Crippen LogP) is 1.33. The summed E-state index contributed by atoms with van der Waals surface area (Å²) >= 11 is 0. The van der Waals surface area contributed by atoms with Crippen LogP contribution in [0.2, 0.25) is 0 Å². The summed E-state index contributed by atoms with van der Waals surface area (Å²) < 4.78 is 25.5. The standard InChI is InChI=1S/C11H12N2O2S/c1-13-16(14,15)11-5-3-8-2-4-10(12)6-9(8)7-11/h2-7,13H,12H2,1H3. The molecule has 2 rings (SSSR count). The second-order valence-corrected chi connectivity index (χ2v) is 5.36. The first-order valence-electron chi connectivity index (χ1n) is 4.76. The largest absolute Gasteiger partial charge is 0.399 e. The molecule has 0 amide bonds. The lowest BCUT2D eigenvalue weighted by atomic mass is 10.1. The maximum absolute atomic E-state index is 11.6. The van der Waals surface area contributed by atoms with Crippen LogP contribution in [0.15, 0.2) is 41.3 Å². The Balaban J connectivity index is 2.68. The number of sulfonamides is 1. The van der Waals surface area contributed by atoms with Crippen LogP contribution < -0.4 is 10.5 Å². The van der Waals surface area contributed by atoms with E-state index in [0.29, 0.717) is 5.69 Å². The number of nitrogen functional groups attached to an aromatic ring is 1. The van der Waals surface area contributed by atoms with Crippen molar-refractivity contribution in [3.63, 3.8) is 0 Å². The monoisotopic (exact) mass is 236 g/mol. The number of fused-ring (bicyclic) bond motifs is 1. The lowest BCUT2D eigenvalue weighted by Gasteiger charge is -2.04. The van der Waals surface area contributed by atoms with Crippen molar-refractivity contribution < 1.29 is 8.42 Å². The highest BCUT2D eigenvalue weighted by atomic mass is 32.2. The molecule has 5 heteroatoms. The van der Waals surface area contributed by atoms with Gasteiger partial charge in [-0.2, -0.15) is 0 Å². The van der Waals surface area contributed by atoms with Gasteiger partial charge in [-0.15, -0.1) is 0 Å². The maximum Gasteiger partial charge on any atom is 0.240 e. The van der Waals surface area contributed by atoms with Gasteiger partial charge in [0.25, 0.3) is 0 Å². The topological polar surface area (TPSA) is 72.2 Å². The molecule has 0 spiro atoms. The summed E-state index contributed by atoms with van der Waals surface area (Å²) in [5.41, 5.74) is 6.27. The summed E-state index contributed by atoms with van der Waals surface area (Å²) in [7, 11) is -2.01. The summed E-state index contributed by atoms with van der Waals surface area (Å²) in [5.74, 6) is 0. The second kappa shape index (κ2) is 3.77. The number of nitrogens with two attached hydrogens (primary N) is 1. The van der Waals surface area contributed by atoms with Gasteiger partial charge in [0, 0.05) is 5.69 Å². The SMILES string of the molecule is CNS(=O)(=O)c1ccc2ccc(N)cc2c1. The Bertz CT molecular complexity index is 635. The fourth-order valence-electron chi connectivity index (χ4n) is 1.53. The number of nitrogens with one attached hydrogen (secondary N) is 1. The van der Waals surface area contributed by atoms with E-state index in [4.69, 9.17) is 5.73 Å². The molecule has 0 radical (unpaired) electrons. The van der Waals surface area contributed by atoms with E-state index in [1.807, 2.05) is 6.07 Å². The third-order valence-corrected chi connectivity index (χ3v) is 3.83. The van der Waals surface area contributed by atoms with Crippen molar-refractivity contribution in [2.24, 2.45) is 0 Å².